The van der Waals surface area contributed by atoms with Gasteiger partial charge >= 0.3 is 11.9 Å². The summed E-state index contributed by atoms with van der Waals surface area (Å²) in [7, 11) is 4.03. The van der Waals surface area contributed by atoms with Crippen LogP contribution in [0.25, 0.3) is 0 Å². The van der Waals surface area contributed by atoms with Gasteiger partial charge < -0.3 is 20.5 Å². The smallest absolute Gasteiger partial charge is 0.309 e. The molecule has 3 N–H and O–H groups in total. The lowest BCUT2D eigenvalue weighted by atomic mass is 9.33. The van der Waals surface area contributed by atoms with Gasteiger partial charge in [-0.05, 0) is 135 Å². The lowest BCUT2D eigenvalue weighted by molar-refractivity contribution is -0.233. The van der Waals surface area contributed by atoms with Crippen LogP contribution in [0.2, 0.25) is 0 Å². The van der Waals surface area contributed by atoms with Gasteiger partial charge in [0, 0.05) is 43.1 Å². The molecular formula is C44H68N2O6. The van der Waals surface area contributed by atoms with E-state index in [0.717, 1.165) is 62.6 Å². The molecule has 290 valence electrons. The van der Waals surface area contributed by atoms with Gasteiger partial charge in [-0.3, -0.25) is 19.2 Å². The summed E-state index contributed by atoms with van der Waals surface area (Å²) in [6.45, 7) is 20.1. The quantitative estimate of drug-likeness (QED) is 0.161. The predicted molar refractivity (Wildman–Crippen MR) is 205 cm³/mol. The van der Waals surface area contributed by atoms with Crippen LogP contribution in [0.4, 0.5) is 0 Å². The molecular weight excluding hydrogens is 652 g/mol. The Balaban J connectivity index is 1.50. The van der Waals surface area contributed by atoms with Crippen LogP contribution in [-0.2, 0) is 23.9 Å². The molecule has 4 saturated carbocycles. The molecule has 0 aromatic carbocycles. The number of nitrogens with two attached hydrogens (primary N) is 1. The number of ether oxygens (including phenoxy) is 1. The fraction of sp³-hybridized carbons (Fsp3) is 0.773. The van der Waals surface area contributed by atoms with Crippen LogP contribution in [0.5, 0.6) is 0 Å². The molecule has 5 aliphatic carbocycles. The summed E-state index contributed by atoms with van der Waals surface area (Å²) in [5, 5.41) is 9.61. The Morgan fingerprint density at radius 2 is 1.63 bits per heavy atom. The summed E-state index contributed by atoms with van der Waals surface area (Å²) < 4.78 is 6.17. The molecule has 8 atom stereocenters. The first-order valence-corrected chi connectivity index (χ1v) is 20.0. The van der Waals surface area contributed by atoms with Gasteiger partial charge in [-0.1, -0.05) is 54.5 Å². The average molecular weight is 721 g/mol. The van der Waals surface area contributed by atoms with Crippen LogP contribution >= 0.6 is 0 Å². The molecule has 8 nitrogen and oxygen atoms in total. The number of Topliss-reactive ketones (excluding diaryl/α,β-unsaturated/α-hetero) is 1. The van der Waals surface area contributed by atoms with E-state index >= 15 is 0 Å². The highest BCUT2D eigenvalue weighted by Crippen LogP contribution is 2.77. The van der Waals surface area contributed by atoms with E-state index in [9.17, 15) is 24.3 Å². The highest BCUT2D eigenvalue weighted by molar-refractivity contribution is 6.03. The standard InChI is InChI=1S/C44H68N2O6/c1-27(2)36-30(48)25-44(33(46(10)11)24-28(47)14-12-13-23-45)22-21-42(8)29(37(36)44)15-16-32-41(7)19-18-34(52-35(49)26-39(3,4)38(50)51)40(5,6)31(41)17-20-43(32,42)9/h12,14,24,27,29,31-32,34H,13,15-23,25-26,45H2,1-11H3,(H,50,51). The van der Waals surface area contributed by atoms with Crippen molar-refractivity contribution in [2.75, 3.05) is 20.6 Å². The summed E-state index contributed by atoms with van der Waals surface area (Å²) in [5.41, 5.74) is 7.15. The summed E-state index contributed by atoms with van der Waals surface area (Å²) in [5.74, 6) is -0.0271. The molecule has 8 unspecified atom stereocenters. The van der Waals surface area contributed by atoms with Crippen LogP contribution in [0.3, 0.4) is 0 Å². The number of esters is 1. The number of allylic oxidation sites excluding steroid dienone is 4. The van der Waals surface area contributed by atoms with Crippen LogP contribution in [0.1, 0.15) is 133 Å². The second-order valence-corrected chi connectivity index (χ2v) is 19.8. The van der Waals surface area contributed by atoms with Crippen molar-refractivity contribution < 1.29 is 29.0 Å². The van der Waals surface area contributed by atoms with Gasteiger partial charge in [0.25, 0.3) is 0 Å². The molecule has 5 aliphatic rings. The molecule has 4 fully saturated rings. The minimum atomic E-state index is -1.17. The Hall–Kier alpha value is -2.74. The number of carbonyl (C=O) groups is 4. The van der Waals surface area contributed by atoms with Crippen molar-refractivity contribution in [2.24, 2.45) is 61.9 Å². The minimum absolute atomic E-state index is 0.0220. The Morgan fingerprint density at radius 1 is 0.962 bits per heavy atom. The van der Waals surface area contributed by atoms with Crippen molar-refractivity contribution in [3.8, 4) is 0 Å². The van der Waals surface area contributed by atoms with Crippen molar-refractivity contribution in [2.45, 2.75) is 139 Å². The number of nitrogens with zero attached hydrogens (tertiary/aromatic N) is 1. The zero-order valence-electron chi connectivity index (χ0n) is 34.1. The highest BCUT2D eigenvalue weighted by atomic mass is 16.5. The molecule has 0 aromatic rings. The summed E-state index contributed by atoms with van der Waals surface area (Å²) in [6, 6.07) is 0. The predicted octanol–water partition coefficient (Wildman–Crippen LogP) is 8.30. The van der Waals surface area contributed by atoms with E-state index in [1.807, 2.05) is 20.2 Å². The van der Waals surface area contributed by atoms with Crippen LogP contribution in [0.15, 0.2) is 35.1 Å². The molecule has 52 heavy (non-hydrogen) atoms. The molecule has 0 saturated heterocycles. The molecule has 0 aliphatic heterocycles. The molecule has 0 amide bonds. The fourth-order valence-electron chi connectivity index (χ4n) is 12.9. The van der Waals surface area contributed by atoms with E-state index in [1.54, 1.807) is 26.0 Å². The van der Waals surface area contributed by atoms with E-state index in [0.29, 0.717) is 31.2 Å². The number of hydrogen-bond acceptors (Lipinski definition) is 7. The topological polar surface area (TPSA) is 127 Å². The lowest BCUT2D eigenvalue weighted by Gasteiger charge is -2.72. The van der Waals surface area contributed by atoms with E-state index in [4.69, 9.17) is 10.5 Å². The first-order valence-electron chi connectivity index (χ1n) is 20.0. The highest BCUT2D eigenvalue weighted by Gasteiger charge is 2.70. The van der Waals surface area contributed by atoms with Crippen LogP contribution in [-0.4, -0.2) is 60.3 Å². The van der Waals surface area contributed by atoms with E-state index in [2.05, 4.69) is 53.4 Å². The van der Waals surface area contributed by atoms with E-state index < -0.39 is 22.8 Å². The molecule has 0 spiro atoms. The largest absolute Gasteiger partial charge is 0.481 e. The zero-order chi connectivity index (χ0) is 38.8. The number of aliphatic carboxylic acids is 1. The number of rotatable bonds is 11. The maximum absolute atomic E-state index is 14.2. The van der Waals surface area contributed by atoms with Crippen molar-refractivity contribution in [1.82, 2.24) is 4.90 Å². The van der Waals surface area contributed by atoms with Crippen molar-refractivity contribution in [1.29, 1.82) is 0 Å². The summed E-state index contributed by atoms with van der Waals surface area (Å²) in [4.78, 5) is 54.5. The van der Waals surface area contributed by atoms with Gasteiger partial charge in [-0.25, -0.2) is 0 Å². The molecule has 0 bridgehead atoms. The Bertz CT molecular complexity index is 1570. The van der Waals surface area contributed by atoms with Gasteiger partial charge in [-0.2, -0.15) is 0 Å². The molecule has 0 heterocycles. The minimum Gasteiger partial charge on any atom is -0.481 e. The normalized spacial score (nSPS) is 37.3. The monoisotopic (exact) mass is 721 g/mol. The number of ketones is 2. The maximum atomic E-state index is 14.2. The second-order valence-electron chi connectivity index (χ2n) is 19.8. The first-order chi connectivity index (χ1) is 24.0. The first kappa shape index (κ1) is 40.4. The maximum Gasteiger partial charge on any atom is 0.309 e. The third-order valence-corrected chi connectivity index (χ3v) is 15.7. The van der Waals surface area contributed by atoms with Crippen LogP contribution < -0.4 is 5.73 Å². The summed E-state index contributed by atoms with van der Waals surface area (Å²) >= 11 is 0. The SMILES string of the molecule is CC(C)C1=C2C3CCC4C5(C)CCC(OC(=O)CC(C)(C)C(=O)O)C(C)(C)C5CCC4(C)C3(C)CCC2(C(=CC(=O)C=CCCN)N(C)C)CC1=O. The average Bonchev–Trinajstić information content (AvgIpc) is 3.34. The van der Waals surface area contributed by atoms with Crippen LogP contribution in [0, 0.1) is 56.2 Å². The van der Waals surface area contributed by atoms with Gasteiger partial charge in [0.05, 0.1) is 11.8 Å². The van der Waals surface area contributed by atoms with E-state index in [1.165, 1.54) is 5.57 Å². The lowest BCUT2D eigenvalue weighted by Crippen LogP contribution is -2.66. The molecule has 8 heteroatoms. The summed E-state index contributed by atoms with van der Waals surface area (Å²) in [6.07, 6.45) is 13.8. The second kappa shape index (κ2) is 13.8. The number of fused-ring (bicyclic) bond motifs is 7. The Labute approximate surface area is 313 Å². The number of carbonyl (C=O) groups excluding carboxylic acids is 3. The van der Waals surface area contributed by atoms with Gasteiger partial charge in [0.2, 0.25) is 0 Å². The number of hydrogen-bond donors (Lipinski definition) is 2. The van der Waals surface area contributed by atoms with Crippen molar-refractivity contribution >= 4 is 23.5 Å². The third kappa shape index (κ3) is 6.24. The van der Waals surface area contributed by atoms with Crippen molar-refractivity contribution in [3.63, 3.8) is 0 Å². The molecule has 0 radical (unpaired) electrons. The number of carboxylic acid groups (broad SMARTS) is 1. The fourth-order valence-corrected chi connectivity index (χ4v) is 12.9. The number of carboxylic acids is 1. The molecule has 0 aromatic heterocycles. The van der Waals surface area contributed by atoms with Gasteiger partial charge in [-0.15, -0.1) is 0 Å². The Morgan fingerprint density at radius 3 is 2.23 bits per heavy atom. The zero-order valence-corrected chi connectivity index (χ0v) is 34.1. The molecule has 5 rings (SSSR count). The van der Waals surface area contributed by atoms with E-state index in [-0.39, 0.29) is 57.6 Å². The van der Waals surface area contributed by atoms with Crippen molar-refractivity contribution in [3.05, 3.63) is 35.1 Å². The van der Waals surface area contributed by atoms with Gasteiger partial charge in [0.15, 0.2) is 11.6 Å². The Kier molecular flexibility index (Phi) is 10.8. The third-order valence-electron chi connectivity index (χ3n) is 15.7. The van der Waals surface area contributed by atoms with Gasteiger partial charge in [0.1, 0.15) is 6.10 Å².